The van der Waals surface area contributed by atoms with Crippen LogP contribution in [0.4, 0.5) is 18.9 Å². The smallest absolute Gasteiger partial charge is 0.481 e. The molecular weight excluding hydrogens is 359 g/mol. The Morgan fingerprint density at radius 2 is 2.10 bits per heavy atom. The van der Waals surface area contributed by atoms with E-state index in [4.69, 9.17) is 5.11 Å². The van der Waals surface area contributed by atoms with Crippen LogP contribution in [0.2, 0.25) is 0 Å². The Bertz CT molecular complexity index is 590. The molecule has 0 bridgehead atoms. The lowest BCUT2D eigenvalue weighted by atomic mass is 10.1. The summed E-state index contributed by atoms with van der Waals surface area (Å²) in [5, 5.41) is 8.91. The van der Waals surface area contributed by atoms with Gasteiger partial charge in [0.05, 0.1) is 11.6 Å². The minimum Gasteiger partial charge on any atom is -0.481 e. The summed E-state index contributed by atoms with van der Waals surface area (Å²) in [6.45, 7) is -0.196. The molecule has 1 amide bonds. The first-order valence-electron chi connectivity index (χ1n) is 5.76. The summed E-state index contributed by atoms with van der Waals surface area (Å²) in [6, 6.07) is 3.68. The van der Waals surface area contributed by atoms with Crippen molar-refractivity contribution in [1.29, 1.82) is 0 Å². The van der Waals surface area contributed by atoms with Gasteiger partial charge in [0.15, 0.2) is 5.75 Å². The second-order valence-electron chi connectivity index (χ2n) is 4.40. The first kappa shape index (κ1) is 15.6. The highest BCUT2D eigenvalue weighted by atomic mass is 79.9. The van der Waals surface area contributed by atoms with E-state index in [9.17, 15) is 22.8 Å². The van der Waals surface area contributed by atoms with Crippen molar-refractivity contribution in [2.75, 3.05) is 11.4 Å². The van der Waals surface area contributed by atoms with Crippen LogP contribution >= 0.6 is 15.9 Å². The van der Waals surface area contributed by atoms with Crippen LogP contribution in [0.15, 0.2) is 22.7 Å². The molecule has 0 saturated carbocycles. The van der Waals surface area contributed by atoms with Crippen LogP contribution in [-0.2, 0) is 9.59 Å². The molecule has 1 atom stereocenters. The van der Waals surface area contributed by atoms with Gasteiger partial charge in [-0.15, -0.1) is 13.2 Å². The number of hydrogen-bond acceptors (Lipinski definition) is 3. The molecule has 1 saturated heterocycles. The Kier molecular flexibility index (Phi) is 4.13. The molecule has 21 heavy (non-hydrogen) atoms. The largest absolute Gasteiger partial charge is 0.573 e. The average Bonchev–Trinajstić information content (AvgIpc) is 2.72. The maximum atomic E-state index is 12.4. The minimum atomic E-state index is -4.91. The second kappa shape index (κ2) is 5.55. The highest BCUT2D eigenvalue weighted by Gasteiger charge is 2.38. The summed E-state index contributed by atoms with van der Waals surface area (Å²) < 4.78 is 41.5. The van der Waals surface area contributed by atoms with E-state index in [0.717, 1.165) is 11.0 Å². The van der Waals surface area contributed by atoms with E-state index in [2.05, 4.69) is 20.7 Å². The van der Waals surface area contributed by atoms with Crippen LogP contribution in [0.5, 0.6) is 5.75 Å². The number of halogens is 4. The quantitative estimate of drug-likeness (QED) is 0.891. The van der Waals surface area contributed by atoms with Gasteiger partial charge in [-0.3, -0.25) is 9.59 Å². The lowest BCUT2D eigenvalue weighted by Gasteiger charge is -2.21. The monoisotopic (exact) mass is 367 g/mol. The minimum absolute atomic E-state index is 0.115. The van der Waals surface area contributed by atoms with Gasteiger partial charge in [0, 0.05) is 17.4 Å². The number of hydrogen-bond donors (Lipinski definition) is 1. The van der Waals surface area contributed by atoms with Gasteiger partial charge >= 0.3 is 12.3 Å². The molecule has 0 aromatic heterocycles. The standard InChI is InChI=1S/C12H9BrF3NO4/c13-7-1-2-9(21-12(14,15)16)8(4-7)17-5-6(11(19)20)3-10(17)18/h1-2,4,6H,3,5H2,(H,19,20). The number of ether oxygens (including phenoxy) is 1. The summed E-state index contributed by atoms with van der Waals surface area (Å²) in [5.41, 5.74) is -0.115. The highest BCUT2D eigenvalue weighted by molar-refractivity contribution is 9.10. The molecule has 1 heterocycles. The fraction of sp³-hybridized carbons (Fsp3) is 0.333. The Balaban J connectivity index is 2.36. The Morgan fingerprint density at radius 1 is 1.43 bits per heavy atom. The molecule has 9 heteroatoms. The molecule has 1 aliphatic rings. The Morgan fingerprint density at radius 3 is 2.62 bits per heavy atom. The van der Waals surface area contributed by atoms with Gasteiger partial charge in [0.2, 0.25) is 5.91 Å². The van der Waals surface area contributed by atoms with Gasteiger partial charge in [-0.1, -0.05) is 15.9 Å². The maximum absolute atomic E-state index is 12.4. The van der Waals surface area contributed by atoms with Crippen LogP contribution in [0.3, 0.4) is 0 Å². The number of carbonyl (C=O) groups excluding carboxylic acids is 1. The van der Waals surface area contributed by atoms with Crippen LogP contribution < -0.4 is 9.64 Å². The zero-order valence-electron chi connectivity index (χ0n) is 10.4. The van der Waals surface area contributed by atoms with E-state index in [1.165, 1.54) is 12.1 Å². The number of nitrogens with zero attached hydrogens (tertiary/aromatic N) is 1. The number of benzene rings is 1. The third kappa shape index (κ3) is 3.66. The van der Waals surface area contributed by atoms with Crippen molar-refractivity contribution < 1.29 is 32.6 Å². The highest BCUT2D eigenvalue weighted by Crippen LogP contribution is 2.38. The first-order valence-corrected chi connectivity index (χ1v) is 6.55. The predicted octanol–water partition coefficient (Wildman–Crippen LogP) is 2.79. The lowest BCUT2D eigenvalue weighted by Crippen LogP contribution is -2.27. The van der Waals surface area contributed by atoms with Crippen molar-refractivity contribution >= 4 is 33.5 Å². The number of alkyl halides is 3. The number of anilines is 1. The van der Waals surface area contributed by atoms with E-state index in [1.54, 1.807) is 0 Å². The van der Waals surface area contributed by atoms with Gasteiger partial charge < -0.3 is 14.7 Å². The normalized spacial score (nSPS) is 19.0. The molecule has 0 aliphatic carbocycles. The van der Waals surface area contributed by atoms with Crippen molar-refractivity contribution in [3.63, 3.8) is 0 Å². The number of carbonyl (C=O) groups is 2. The molecule has 1 fully saturated rings. The number of amides is 1. The van der Waals surface area contributed by atoms with Crippen LogP contribution in [0.1, 0.15) is 6.42 Å². The zero-order chi connectivity index (χ0) is 15.8. The van der Waals surface area contributed by atoms with Crippen molar-refractivity contribution in [1.82, 2.24) is 0 Å². The molecule has 1 aromatic rings. The van der Waals surface area contributed by atoms with Gasteiger partial charge in [-0.05, 0) is 18.2 Å². The van der Waals surface area contributed by atoms with Gasteiger partial charge in [0.25, 0.3) is 0 Å². The van der Waals surface area contributed by atoms with Crippen molar-refractivity contribution in [2.45, 2.75) is 12.8 Å². The lowest BCUT2D eigenvalue weighted by molar-refractivity contribution is -0.274. The topological polar surface area (TPSA) is 66.8 Å². The average molecular weight is 368 g/mol. The third-order valence-electron chi connectivity index (χ3n) is 2.91. The van der Waals surface area contributed by atoms with Crippen LogP contribution in [-0.4, -0.2) is 29.9 Å². The fourth-order valence-electron chi connectivity index (χ4n) is 2.02. The number of rotatable bonds is 3. The molecule has 0 spiro atoms. The van der Waals surface area contributed by atoms with E-state index in [-0.39, 0.29) is 18.7 Å². The van der Waals surface area contributed by atoms with Crippen LogP contribution in [0, 0.1) is 5.92 Å². The molecule has 1 aromatic carbocycles. The summed E-state index contributed by atoms with van der Waals surface area (Å²) >= 11 is 3.10. The summed E-state index contributed by atoms with van der Waals surface area (Å²) in [4.78, 5) is 23.7. The summed E-state index contributed by atoms with van der Waals surface area (Å²) in [7, 11) is 0. The number of carboxylic acid groups (broad SMARTS) is 1. The molecular formula is C12H9BrF3NO4. The van der Waals surface area contributed by atoms with E-state index in [0.29, 0.717) is 4.47 Å². The second-order valence-corrected chi connectivity index (χ2v) is 5.32. The molecule has 1 N–H and O–H groups in total. The van der Waals surface area contributed by atoms with E-state index < -0.39 is 29.9 Å². The summed E-state index contributed by atoms with van der Waals surface area (Å²) in [6.07, 6.45) is -5.16. The molecule has 114 valence electrons. The van der Waals surface area contributed by atoms with Crippen molar-refractivity contribution in [3.05, 3.63) is 22.7 Å². The maximum Gasteiger partial charge on any atom is 0.573 e. The predicted molar refractivity (Wildman–Crippen MR) is 68.9 cm³/mol. The molecule has 1 unspecified atom stereocenters. The number of aliphatic carboxylic acids is 1. The van der Waals surface area contributed by atoms with Gasteiger partial charge in [0.1, 0.15) is 0 Å². The van der Waals surface area contributed by atoms with E-state index >= 15 is 0 Å². The Hall–Kier alpha value is -1.77. The van der Waals surface area contributed by atoms with Crippen molar-refractivity contribution in [3.8, 4) is 5.75 Å². The van der Waals surface area contributed by atoms with Gasteiger partial charge in [-0.2, -0.15) is 0 Å². The Labute approximate surface area is 125 Å². The molecule has 0 radical (unpaired) electrons. The third-order valence-corrected chi connectivity index (χ3v) is 3.40. The van der Waals surface area contributed by atoms with Gasteiger partial charge in [-0.25, -0.2) is 0 Å². The van der Waals surface area contributed by atoms with E-state index in [1.807, 2.05) is 0 Å². The summed E-state index contributed by atoms with van der Waals surface area (Å²) in [5.74, 6) is -3.23. The zero-order valence-corrected chi connectivity index (χ0v) is 11.9. The SMILES string of the molecule is O=C(O)C1CC(=O)N(c2cc(Br)ccc2OC(F)(F)F)C1. The fourth-order valence-corrected chi connectivity index (χ4v) is 2.37. The first-order chi connectivity index (χ1) is 9.67. The molecule has 1 aliphatic heterocycles. The molecule has 2 rings (SSSR count). The molecule has 5 nitrogen and oxygen atoms in total. The number of carboxylic acids is 1. The van der Waals surface area contributed by atoms with Crippen LogP contribution in [0.25, 0.3) is 0 Å². The van der Waals surface area contributed by atoms with Crippen molar-refractivity contribution in [2.24, 2.45) is 5.92 Å².